The minimum atomic E-state index is -0.520. The third-order valence-electron chi connectivity index (χ3n) is 3.75. The Morgan fingerprint density at radius 3 is 2.48 bits per heavy atom. The standard InChI is InChI=1S/C19H23BrFNO3/c1-23-17-6-4-3-5-15(17)13-22-9-7-14-11-19(25-10-8-21)16(20)12-18(14)24-2/h3-6,11-12,22H,7-10,13H2,1-2H3. The van der Waals surface area contributed by atoms with Gasteiger partial charge in [0, 0.05) is 12.1 Å². The van der Waals surface area contributed by atoms with Gasteiger partial charge in [0.15, 0.2) is 0 Å². The summed E-state index contributed by atoms with van der Waals surface area (Å²) in [5.41, 5.74) is 2.12. The first-order chi connectivity index (χ1) is 12.2. The van der Waals surface area contributed by atoms with Gasteiger partial charge < -0.3 is 19.5 Å². The smallest absolute Gasteiger partial charge is 0.134 e. The van der Waals surface area contributed by atoms with Crippen LogP contribution in [0, 0.1) is 0 Å². The van der Waals surface area contributed by atoms with Crippen LogP contribution in [0.3, 0.4) is 0 Å². The van der Waals surface area contributed by atoms with Gasteiger partial charge in [0.05, 0.1) is 18.7 Å². The molecule has 0 bridgehead atoms. The Morgan fingerprint density at radius 2 is 1.76 bits per heavy atom. The van der Waals surface area contributed by atoms with E-state index in [0.29, 0.717) is 12.3 Å². The molecule has 0 spiro atoms. The largest absolute Gasteiger partial charge is 0.496 e. The highest BCUT2D eigenvalue weighted by Gasteiger charge is 2.10. The number of alkyl halides is 1. The van der Waals surface area contributed by atoms with Crippen molar-refractivity contribution in [1.82, 2.24) is 5.32 Å². The number of nitrogens with one attached hydrogen (secondary N) is 1. The number of halogens is 2. The van der Waals surface area contributed by atoms with Crippen molar-refractivity contribution < 1.29 is 18.6 Å². The minimum absolute atomic E-state index is 0.0381. The number of hydrogen-bond acceptors (Lipinski definition) is 4. The predicted molar refractivity (Wildman–Crippen MR) is 101 cm³/mol. The summed E-state index contributed by atoms with van der Waals surface area (Å²) < 4.78 is 29.3. The number of hydrogen-bond donors (Lipinski definition) is 1. The molecule has 0 aliphatic rings. The van der Waals surface area contributed by atoms with Crippen LogP contribution >= 0.6 is 15.9 Å². The molecule has 136 valence electrons. The van der Waals surface area contributed by atoms with E-state index in [0.717, 1.165) is 40.1 Å². The van der Waals surface area contributed by atoms with Crippen LogP contribution in [0.15, 0.2) is 40.9 Å². The van der Waals surface area contributed by atoms with Crippen LogP contribution in [0.2, 0.25) is 0 Å². The zero-order chi connectivity index (χ0) is 18.1. The lowest BCUT2D eigenvalue weighted by atomic mass is 10.1. The third kappa shape index (κ3) is 5.61. The average molecular weight is 412 g/mol. The molecule has 0 amide bonds. The first-order valence-corrected chi connectivity index (χ1v) is 8.86. The van der Waals surface area contributed by atoms with E-state index in [9.17, 15) is 4.39 Å². The van der Waals surface area contributed by atoms with Crippen molar-refractivity contribution in [3.8, 4) is 17.2 Å². The van der Waals surface area contributed by atoms with Crippen LogP contribution < -0.4 is 19.5 Å². The van der Waals surface area contributed by atoms with Crippen molar-refractivity contribution in [1.29, 1.82) is 0 Å². The molecule has 0 saturated heterocycles. The van der Waals surface area contributed by atoms with E-state index in [-0.39, 0.29) is 6.61 Å². The molecule has 0 aliphatic carbocycles. The molecule has 4 nitrogen and oxygen atoms in total. The second-order valence-corrected chi connectivity index (χ2v) is 6.22. The van der Waals surface area contributed by atoms with Crippen LogP contribution in [0.5, 0.6) is 17.2 Å². The molecule has 2 rings (SSSR count). The normalized spacial score (nSPS) is 10.6. The summed E-state index contributed by atoms with van der Waals surface area (Å²) in [6.07, 6.45) is 0.761. The van der Waals surface area contributed by atoms with Gasteiger partial charge in [-0.15, -0.1) is 0 Å². The van der Waals surface area contributed by atoms with Crippen molar-refractivity contribution in [2.75, 3.05) is 34.0 Å². The lowest BCUT2D eigenvalue weighted by molar-refractivity contribution is 0.271. The summed E-state index contributed by atoms with van der Waals surface area (Å²) in [6, 6.07) is 11.7. The van der Waals surface area contributed by atoms with Crippen LogP contribution in [0.4, 0.5) is 4.39 Å². The summed E-state index contributed by atoms with van der Waals surface area (Å²) in [7, 11) is 3.31. The monoisotopic (exact) mass is 411 g/mol. The molecule has 1 N–H and O–H groups in total. The quantitative estimate of drug-likeness (QED) is 0.596. The lowest BCUT2D eigenvalue weighted by Crippen LogP contribution is -2.17. The second-order valence-electron chi connectivity index (χ2n) is 5.37. The molecule has 0 aromatic heterocycles. The van der Waals surface area contributed by atoms with E-state index >= 15 is 0 Å². The molecule has 0 atom stereocenters. The van der Waals surface area contributed by atoms with Gasteiger partial charge in [-0.1, -0.05) is 18.2 Å². The van der Waals surface area contributed by atoms with Crippen LogP contribution in [-0.4, -0.2) is 34.0 Å². The molecule has 0 heterocycles. The highest BCUT2D eigenvalue weighted by molar-refractivity contribution is 9.10. The second kappa shape index (κ2) is 10.3. The summed E-state index contributed by atoms with van der Waals surface area (Å²) in [5.74, 6) is 2.27. The molecule has 6 heteroatoms. The van der Waals surface area contributed by atoms with Crippen molar-refractivity contribution in [2.24, 2.45) is 0 Å². The number of para-hydroxylation sites is 1. The van der Waals surface area contributed by atoms with Crippen molar-refractivity contribution in [2.45, 2.75) is 13.0 Å². The van der Waals surface area contributed by atoms with Gasteiger partial charge in [0.25, 0.3) is 0 Å². The predicted octanol–water partition coefficient (Wildman–Crippen LogP) is 4.15. The van der Waals surface area contributed by atoms with Gasteiger partial charge in [-0.25, -0.2) is 4.39 Å². The van der Waals surface area contributed by atoms with E-state index in [1.165, 1.54) is 0 Å². The minimum Gasteiger partial charge on any atom is -0.496 e. The molecule has 2 aromatic carbocycles. The SMILES string of the molecule is COc1cc(Br)c(OCCF)cc1CCNCc1ccccc1OC. The molecule has 0 fully saturated rings. The lowest BCUT2D eigenvalue weighted by Gasteiger charge is -2.14. The molecular formula is C19H23BrFNO3. The Morgan fingerprint density at radius 1 is 1.00 bits per heavy atom. The number of methoxy groups -OCH3 is 2. The third-order valence-corrected chi connectivity index (χ3v) is 4.37. The maximum Gasteiger partial charge on any atom is 0.134 e. The summed E-state index contributed by atoms with van der Waals surface area (Å²) in [6.45, 7) is 0.997. The summed E-state index contributed by atoms with van der Waals surface area (Å²) >= 11 is 3.42. The van der Waals surface area contributed by atoms with E-state index in [4.69, 9.17) is 14.2 Å². The van der Waals surface area contributed by atoms with Gasteiger partial charge in [0.1, 0.15) is 30.5 Å². The zero-order valence-corrected chi connectivity index (χ0v) is 16.1. The fraction of sp³-hybridized carbons (Fsp3) is 0.368. The van der Waals surface area contributed by atoms with Crippen molar-refractivity contribution in [3.05, 3.63) is 52.0 Å². The molecule has 0 aliphatic heterocycles. The van der Waals surface area contributed by atoms with Gasteiger partial charge in [-0.3, -0.25) is 0 Å². The Labute approximate surface area is 156 Å². The van der Waals surface area contributed by atoms with Gasteiger partial charge in [-0.05, 0) is 52.7 Å². The number of ether oxygens (including phenoxy) is 3. The van der Waals surface area contributed by atoms with Gasteiger partial charge in [-0.2, -0.15) is 0 Å². The summed E-state index contributed by atoms with van der Waals surface area (Å²) in [4.78, 5) is 0. The van der Waals surface area contributed by atoms with Gasteiger partial charge >= 0.3 is 0 Å². The van der Waals surface area contributed by atoms with Crippen LogP contribution in [0.25, 0.3) is 0 Å². The topological polar surface area (TPSA) is 39.7 Å². The van der Waals surface area contributed by atoms with E-state index < -0.39 is 6.67 Å². The molecule has 25 heavy (non-hydrogen) atoms. The highest BCUT2D eigenvalue weighted by Crippen LogP contribution is 2.33. The van der Waals surface area contributed by atoms with Gasteiger partial charge in [0.2, 0.25) is 0 Å². The fourth-order valence-electron chi connectivity index (χ4n) is 2.52. The Kier molecular flexibility index (Phi) is 8.01. The fourth-order valence-corrected chi connectivity index (χ4v) is 2.95. The van der Waals surface area contributed by atoms with Crippen molar-refractivity contribution in [3.63, 3.8) is 0 Å². The highest BCUT2D eigenvalue weighted by atomic mass is 79.9. The number of rotatable bonds is 10. The maximum absolute atomic E-state index is 12.3. The van der Waals surface area contributed by atoms with Crippen LogP contribution in [0.1, 0.15) is 11.1 Å². The Hall–Kier alpha value is -1.79. The molecule has 0 saturated carbocycles. The summed E-state index contributed by atoms with van der Waals surface area (Å²) in [5, 5.41) is 3.41. The number of benzene rings is 2. The zero-order valence-electron chi connectivity index (χ0n) is 14.5. The maximum atomic E-state index is 12.3. The van der Waals surface area contributed by atoms with Crippen molar-refractivity contribution >= 4 is 15.9 Å². The Bertz CT molecular complexity index is 682. The van der Waals surface area contributed by atoms with Crippen LogP contribution in [-0.2, 0) is 13.0 Å². The van der Waals surface area contributed by atoms with E-state index in [1.807, 2.05) is 36.4 Å². The average Bonchev–Trinajstić information content (AvgIpc) is 2.65. The molecule has 0 radical (unpaired) electrons. The molecule has 0 unspecified atom stereocenters. The Balaban J connectivity index is 1.97. The van der Waals surface area contributed by atoms with E-state index in [1.54, 1.807) is 14.2 Å². The van der Waals surface area contributed by atoms with E-state index in [2.05, 4.69) is 21.2 Å². The molecule has 2 aromatic rings. The first kappa shape index (κ1) is 19.5. The molecular weight excluding hydrogens is 389 g/mol. The first-order valence-electron chi connectivity index (χ1n) is 8.07.